The van der Waals surface area contributed by atoms with Crippen LogP contribution in [0.5, 0.6) is 11.5 Å². The lowest BCUT2D eigenvalue weighted by molar-refractivity contribution is 0.324. The molecule has 0 unspecified atom stereocenters. The van der Waals surface area contributed by atoms with Crippen LogP contribution in [0.4, 0.5) is 0 Å². The van der Waals surface area contributed by atoms with Gasteiger partial charge >= 0.3 is 5.69 Å². The van der Waals surface area contributed by atoms with Crippen molar-refractivity contribution in [1.82, 2.24) is 9.66 Å². The monoisotopic (exact) mass is 507 g/mol. The molecule has 0 aliphatic carbocycles. The van der Waals surface area contributed by atoms with E-state index in [0.717, 1.165) is 4.68 Å². The number of nitrogens with one attached hydrogen (secondary N) is 1. The molecule has 0 bridgehead atoms. The van der Waals surface area contributed by atoms with Crippen molar-refractivity contribution < 1.29 is 9.47 Å². The fourth-order valence-electron chi connectivity index (χ4n) is 2.50. The molecule has 28 heavy (non-hydrogen) atoms. The predicted octanol–water partition coefficient (Wildman–Crippen LogP) is 3.67. The van der Waals surface area contributed by atoms with Gasteiger partial charge in [0.1, 0.15) is 6.61 Å². The number of hydrogen-bond acceptors (Lipinski definition) is 5. The first-order chi connectivity index (χ1) is 13.5. The molecule has 0 atom stereocenters. The normalized spacial score (nSPS) is 11.1. The van der Waals surface area contributed by atoms with Crippen LogP contribution in [0.2, 0.25) is 0 Å². The number of aromatic amines is 1. The molecule has 0 fully saturated rings. The third kappa shape index (κ3) is 3.81. The Morgan fingerprint density at radius 1 is 1.25 bits per heavy atom. The minimum atomic E-state index is -0.631. The first-order valence-corrected chi connectivity index (χ1v) is 9.64. The zero-order chi connectivity index (χ0) is 20.3. The lowest BCUT2D eigenvalue weighted by Crippen LogP contribution is -2.32. The summed E-state index contributed by atoms with van der Waals surface area (Å²) in [6.07, 6.45) is 3.01. The van der Waals surface area contributed by atoms with E-state index in [4.69, 9.17) is 9.47 Å². The number of halogens is 2. The second-order valence-corrected chi connectivity index (χ2v) is 7.15. The Labute approximate surface area is 176 Å². The molecule has 0 saturated carbocycles. The summed E-state index contributed by atoms with van der Waals surface area (Å²) < 4.78 is 13.0. The van der Waals surface area contributed by atoms with Gasteiger partial charge in [0.25, 0.3) is 5.56 Å². The van der Waals surface area contributed by atoms with E-state index >= 15 is 0 Å². The molecule has 0 saturated heterocycles. The Balaban J connectivity index is 2.09. The highest BCUT2D eigenvalue weighted by atomic mass is 79.9. The van der Waals surface area contributed by atoms with Crippen molar-refractivity contribution in [1.29, 1.82) is 0 Å². The summed E-state index contributed by atoms with van der Waals surface area (Å²) in [5, 5.41) is 4.43. The molecule has 7 nitrogen and oxygen atoms in total. The van der Waals surface area contributed by atoms with Crippen molar-refractivity contribution >= 4 is 49.0 Å². The number of H-pyrrole nitrogens is 1. The number of fused-ring (bicyclic) bond motifs is 1. The quantitative estimate of drug-likeness (QED) is 0.406. The minimum absolute atomic E-state index is 0.302. The lowest BCUT2D eigenvalue weighted by Gasteiger charge is -2.14. The van der Waals surface area contributed by atoms with Gasteiger partial charge in [0.05, 0.1) is 28.7 Å². The van der Waals surface area contributed by atoms with E-state index in [0.29, 0.717) is 43.5 Å². The van der Waals surface area contributed by atoms with Crippen molar-refractivity contribution in [2.75, 3.05) is 13.7 Å². The third-order valence-corrected chi connectivity index (χ3v) is 5.96. The topological polar surface area (TPSA) is 85.7 Å². The van der Waals surface area contributed by atoms with Crippen LogP contribution in [0.3, 0.4) is 0 Å². The van der Waals surface area contributed by atoms with E-state index in [2.05, 4.69) is 48.5 Å². The van der Waals surface area contributed by atoms with E-state index < -0.39 is 11.2 Å². The Hall–Kier alpha value is -2.65. The molecule has 144 valence electrons. The number of rotatable bonds is 6. The van der Waals surface area contributed by atoms with Gasteiger partial charge in [0, 0.05) is 10.0 Å². The van der Waals surface area contributed by atoms with E-state index in [1.807, 2.05) is 0 Å². The molecule has 0 radical (unpaired) electrons. The van der Waals surface area contributed by atoms with Crippen molar-refractivity contribution in [2.45, 2.75) is 0 Å². The standard InChI is InChI=1S/C19H15Br2N3O4/c1-3-8-28-17-14(27-2)9-11(15(20)16(17)21)10-22-24-18(25)12-6-4-5-7-13(12)23-19(24)26/h3-7,9-10H,1,8H2,2H3,(H,23,26). The highest BCUT2D eigenvalue weighted by Gasteiger charge is 2.16. The Bertz CT molecular complexity index is 1200. The van der Waals surface area contributed by atoms with Crippen LogP contribution in [0, 0.1) is 0 Å². The largest absolute Gasteiger partial charge is 0.493 e. The minimum Gasteiger partial charge on any atom is -0.493 e. The van der Waals surface area contributed by atoms with Gasteiger partial charge in [0.2, 0.25) is 0 Å². The highest BCUT2D eigenvalue weighted by Crippen LogP contribution is 2.42. The van der Waals surface area contributed by atoms with Gasteiger partial charge in [-0.2, -0.15) is 5.10 Å². The average Bonchev–Trinajstić information content (AvgIpc) is 2.70. The van der Waals surface area contributed by atoms with Gasteiger partial charge in [-0.15, -0.1) is 4.68 Å². The molecule has 0 spiro atoms. The number of para-hydroxylation sites is 1. The average molecular weight is 509 g/mol. The van der Waals surface area contributed by atoms with Gasteiger partial charge in [-0.1, -0.05) is 24.8 Å². The maximum atomic E-state index is 12.6. The summed E-state index contributed by atoms with van der Waals surface area (Å²) in [6, 6.07) is 8.42. The molecule has 3 rings (SSSR count). The van der Waals surface area contributed by atoms with Gasteiger partial charge in [-0.25, -0.2) is 4.79 Å². The SMILES string of the molecule is C=CCOc1c(OC)cc(C=Nn2c(=O)[nH]c3ccccc3c2=O)c(Br)c1Br. The van der Waals surface area contributed by atoms with Crippen LogP contribution in [-0.4, -0.2) is 29.6 Å². The Kier molecular flexibility index (Phi) is 6.15. The summed E-state index contributed by atoms with van der Waals surface area (Å²) in [5.74, 6) is 0.949. The first kappa shape index (κ1) is 20.1. The third-order valence-electron chi connectivity index (χ3n) is 3.82. The molecule has 1 aromatic heterocycles. The summed E-state index contributed by atoms with van der Waals surface area (Å²) in [5.41, 5.74) is -0.107. The van der Waals surface area contributed by atoms with E-state index in [1.165, 1.54) is 13.3 Å². The molecular formula is C19H15Br2N3O4. The van der Waals surface area contributed by atoms with Crippen LogP contribution in [0.15, 0.2) is 66.6 Å². The van der Waals surface area contributed by atoms with E-state index in [-0.39, 0.29) is 0 Å². The number of benzene rings is 2. The van der Waals surface area contributed by atoms with Crippen molar-refractivity contribution in [3.05, 3.63) is 78.3 Å². The molecule has 1 N–H and O–H groups in total. The fourth-order valence-corrected chi connectivity index (χ4v) is 3.44. The molecule has 1 heterocycles. The molecule has 0 aliphatic heterocycles. The fraction of sp³-hybridized carbons (Fsp3) is 0.105. The summed E-state index contributed by atoms with van der Waals surface area (Å²) in [6.45, 7) is 3.93. The smallest absolute Gasteiger partial charge is 0.349 e. The van der Waals surface area contributed by atoms with E-state index in [9.17, 15) is 9.59 Å². The molecule has 3 aromatic rings. The zero-order valence-electron chi connectivity index (χ0n) is 14.7. The number of ether oxygens (including phenoxy) is 2. The maximum Gasteiger partial charge on any atom is 0.349 e. The number of hydrogen-bond donors (Lipinski definition) is 1. The summed E-state index contributed by atoms with van der Waals surface area (Å²) in [7, 11) is 1.51. The number of aromatic nitrogens is 2. The van der Waals surface area contributed by atoms with Crippen LogP contribution in [0.25, 0.3) is 10.9 Å². The molecule has 0 amide bonds. The van der Waals surface area contributed by atoms with Gasteiger partial charge < -0.3 is 14.5 Å². The highest BCUT2D eigenvalue weighted by molar-refractivity contribution is 9.13. The zero-order valence-corrected chi connectivity index (χ0v) is 17.9. The predicted molar refractivity (Wildman–Crippen MR) is 116 cm³/mol. The van der Waals surface area contributed by atoms with Crippen molar-refractivity contribution in [2.24, 2.45) is 5.10 Å². The number of nitrogens with zero attached hydrogens (tertiary/aromatic N) is 2. The van der Waals surface area contributed by atoms with Crippen LogP contribution >= 0.6 is 31.9 Å². The summed E-state index contributed by atoms with van der Waals surface area (Å²) in [4.78, 5) is 27.4. The Morgan fingerprint density at radius 3 is 2.71 bits per heavy atom. The maximum absolute atomic E-state index is 12.6. The second-order valence-electron chi connectivity index (χ2n) is 5.56. The van der Waals surface area contributed by atoms with Crippen LogP contribution < -0.4 is 20.7 Å². The number of methoxy groups -OCH3 is 1. The molecule has 2 aromatic carbocycles. The lowest BCUT2D eigenvalue weighted by atomic mass is 10.2. The van der Waals surface area contributed by atoms with Crippen molar-refractivity contribution in [3.8, 4) is 11.5 Å². The van der Waals surface area contributed by atoms with E-state index in [1.54, 1.807) is 36.4 Å². The van der Waals surface area contributed by atoms with Crippen LogP contribution in [0.1, 0.15) is 5.56 Å². The van der Waals surface area contributed by atoms with Crippen molar-refractivity contribution in [3.63, 3.8) is 0 Å². The van der Waals surface area contributed by atoms with Gasteiger partial charge in [-0.3, -0.25) is 4.79 Å². The van der Waals surface area contributed by atoms with Gasteiger partial charge in [-0.05, 0) is 50.1 Å². The molecular weight excluding hydrogens is 494 g/mol. The molecule has 0 aliphatic rings. The first-order valence-electron chi connectivity index (χ1n) is 8.06. The second kappa shape index (κ2) is 8.57. The van der Waals surface area contributed by atoms with Crippen LogP contribution in [-0.2, 0) is 0 Å². The Morgan fingerprint density at radius 2 is 2.00 bits per heavy atom. The summed E-state index contributed by atoms with van der Waals surface area (Å²) >= 11 is 6.92. The van der Waals surface area contributed by atoms with Gasteiger partial charge in [0.15, 0.2) is 11.5 Å². The molecule has 9 heteroatoms.